The summed E-state index contributed by atoms with van der Waals surface area (Å²) >= 11 is 0. The number of hydrogen-bond acceptors (Lipinski definition) is 10. The molecule has 10 nitrogen and oxygen atoms in total. The summed E-state index contributed by atoms with van der Waals surface area (Å²) in [6.07, 6.45) is 1.81. The van der Waals surface area contributed by atoms with Crippen LogP contribution < -0.4 is 25.4 Å². The second kappa shape index (κ2) is 26.3. The fourth-order valence-electron chi connectivity index (χ4n) is 11.5. The first kappa shape index (κ1) is 58.2. The van der Waals surface area contributed by atoms with E-state index in [-0.39, 0.29) is 0 Å². The van der Waals surface area contributed by atoms with Gasteiger partial charge in [-0.05, 0) is 35.4 Å². The van der Waals surface area contributed by atoms with Crippen LogP contribution in [-0.2, 0) is 0 Å². The van der Waals surface area contributed by atoms with Crippen molar-refractivity contribution in [3.05, 3.63) is 340 Å². The van der Waals surface area contributed by atoms with Gasteiger partial charge in [0.25, 0.3) is 0 Å². The third-order valence-corrected chi connectivity index (χ3v) is 20.0. The monoisotopic (exact) mass is 1230 g/mol. The van der Waals surface area contributed by atoms with Crippen molar-refractivity contribution in [3.63, 3.8) is 0 Å². The molecule has 0 radical (unpaired) electrons. The van der Waals surface area contributed by atoms with Crippen molar-refractivity contribution in [1.82, 2.24) is 34.9 Å². The van der Waals surface area contributed by atoms with Crippen molar-refractivity contribution < 1.29 is 14.4 Å². The molecular weight excluding hydrogens is 1170 g/mol. The zero-order valence-electron chi connectivity index (χ0n) is 50.7. The quantitative estimate of drug-likeness (QED) is 0.0880. The summed E-state index contributed by atoms with van der Waals surface area (Å²) in [4.78, 5) is 47.7. The second-order valence-corrected chi connectivity index (χ2v) is 25.8. The third kappa shape index (κ3) is 12.7. The molecule has 0 fully saturated rings. The van der Waals surface area contributed by atoms with E-state index in [1.807, 2.05) is 243 Å². The van der Waals surface area contributed by atoms with Crippen LogP contribution in [0.2, 0.25) is 0 Å². The van der Waals surface area contributed by atoms with E-state index >= 15 is 0 Å². The first-order valence-corrected chi connectivity index (χ1v) is 32.9. The molecule has 1 N–H and O–H groups in total. The zero-order valence-corrected chi connectivity index (χ0v) is 51.7. The summed E-state index contributed by atoms with van der Waals surface area (Å²) in [6.45, 7) is 0. The van der Waals surface area contributed by atoms with Crippen LogP contribution in [0.5, 0.6) is 23.0 Å². The van der Waals surface area contributed by atoms with E-state index in [1.165, 1.54) is 0 Å². The molecule has 15 aromatic rings. The number of hydrogen-bond donors (Lipinski definition) is 1. The predicted molar refractivity (Wildman–Crippen MR) is 381 cm³/mol. The zero-order chi connectivity index (χ0) is 63.1. The molecule has 94 heavy (non-hydrogen) atoms. The maximum absolute atomic E-state index is 13.4. The minimum absolute atomic E-state index is 0.532. The summed E-state index contributed by atoms with van der Waals surface area (Å²) in [5, 5.41) is 2.60. The normalized spacial score (nSPS) is 11.4. The van der Waals surface area contributed by atoms with Crippen molar-refractivity contribution in [2.24, 2.45) is 0 Å². The Bertz CT molecular complexity index is 5020. The first-order chi connectivity index (χ1) is 46.4. The number of benzene rings is 12. The summed E-state index contributed by atoms with van der Waals surface area (Å²) in [6, 6.07) is 111. The summed E-state index contributed by atoms with van der Waals surface area (Å²) < 4.78 is 12.7. The molecule has 0 unspecified atom stereocenters. The molecule has 0 bridgehead atoms. The number of nitrogens with zero attached hydrogens (tertiary/aromatic N) is 7. The average Bonchev–Trinajstić information content (AvgIpc) is 0.785. The Balaban J connectivity index is 0.655. The standard InChI is InChI=1S/C83H58N7O3P/c91-94(74-26-11-4-12-27-74,75-52-42-60(43-53-75)59-36-46-71(47-37-59)93-72-48-38-65(39-49-72)81-86-78(62-17-5-1-6-18-62)85-79(87-81)63-19-7-2-8-20-63)76-28-16-24-68(56-76)67-23-15-25-69(55-67)83-89-80(64-21-9-3-10-22-64)88-82(90-83)66-40-50-73(51-41-66)92-70-44-34-58(35-45-70)57-30-32-61(33-31-57)77-29-13-14-54-84-77/h1-56,91,94H. The van der Waals surface area contributed by atoms with Crippen LogP contribution in [0.1, 0.15) is 0 Å². The number of rotatable bonds is 17. The molecule has 0 saturated carbocycles. The molecule has 448 valence electrons. The van der Waals surface area contributed by atoms with Gasteiger partial charge in [-0.15, -0.1) is 0 Å². The molecule has 0 aliphatic rings. The van der Waals surface area contributed by atoms with Crippen molar-refractivity contribution in [2.45, 2.75) is 0 Å². The topological polar surface area (TPSA) is 129 Å². The van der Waals surface area contributed by atoms with Gasteiger partial charge < -0.3 is 4.74 Å². The summed E-state index contributed by atoms with van der Waals surface area (Å²) in [5.74, 6) is 6.21. The Morgan fingerprint density at radius 2 is 0.500 bits per heavy atom. The third-order valence-electron chi connectivity index (χ3n) is 16.5. The van der Waals surface area contributed by atoms with Gasteiger partial charge in [-0.25, -0.2) is 15.0 Å². The Hall–Kier alpha value is -12.2. The van der Waals surface area contributed by atoms with Crippen LogP contribution in [-0.4, -0.2) is 39.8 Å². The van der Waals surface area contributed by atoms with E-state index in [0.717, 1.165) is 99.7 Å². The van der Waals surface area contributed by atoms with Crippen LogP contribution in [0, 0.1) is 0 Å². The van der Waals surface area contributed by atoms with Crippen LogP contribution in [0.25, 0.3) is 113 Å². The predicted octanol–water partition coefficient (Wildman–Crippen LogP) is 18.6. The molecular formula is C83H58N7O3P. The van der Waals surface area contributed by atoms with E-state index in [4.69, 9.17) is 39.4 Å². The van der Waals surface area contributed by atoms with Crippen molar-refractivity contribution in [2.75, 3.05) is 0 Å². The molecule has 0 spiro atoms. The molecule has 3 heterocycles. The molecule has 0 amide bonds. The fraction of sp³-hybridized carbons (Fsp3) is 0. The van der Waals surface area contributed by atoms with Gasteiger partial charge in [0.2, 0.25) is 0 Å². The molecule has 11 heteroatoms. The van der Waals surface area contributed by atoms with Gasteiger partial charge in [0, 0.05) is 28.5 Å². The summed E-state index contributed by atoms with van der Waals surface area (Å²) in [7, 11) is -3.58. The molecule has 12 aromatic carbocycles. The van der Waals surface area contributed by atoms with Crippen molar-refractivity contribution in [3.8, 4) is 136 Å². The molecule has 0 atom stereocenters. The van der Waals surface area contributed by atoms with Gasteiger partial charge in [-0.2, -0.15) is 0 Å². The Kier molecular flexibility index (Phi) is 16.3. The van der Waals surface area contributed by atoms with Gasteiger partial charge in [-0.1, -0.05) is 109 Å². The number of pyridine rings is 1. The molecule has 0 aliphatic heterocycles. The van der Waals surface area contributed by atoms with Crippen LogP contribution >= 0.6 is 7.49 Å². The first-order valence-electron chi connectivity index (χ1n) is 31.0. The van der Waals surface area contributed by atoms with Gasteiger partial charge in [0.15, 0.2) is 17.5 Å². The van der Waals surface area contributed by atoms with E-state index in [0.29, 0.717) is 52.2 Å². The average molecular weight is 1230 g/mol. The van der Waals surface area contributed by atoms with Crippen LogP contribution in [0.3, 0.4) is 0 Å². The fourth-order valence-corrected chi connectivity index (χ4v) is 14.6. The van der Waals surface area contributed by atoms with Crippen LogP contribution in [0.15, 0.2) is 340 Å². The van der Waals surface area contributed by atoms with Crippen LogP contribution in [0.4, 0.5) is 0 Å². The van der Waals surface area contributed by atoms with E-state index in [2.05, 4.69) is 102 Å². The van der Waals surface area contributed by atoms with Gasteiger partial charge in [0.05, 0.1) is 5.69 Å². The van der Waals surface area contributed by atoms with Gasteiger partial charge in [0.1, 0.15) is 11.5 Å². The number of ether oxygens (including phenoxy) is 2. The molecule has 15 rings (SSSR count). The molecule has 0 saturated heterocycles. The Labute approximate surface area is 545 Å². The minimum atomic E-state index is -3.58. The SMILES string of the molecule is O[PH](c1ccccc1)(c1ccc(-c2ccc(Oc3ccc(-c4nc(-c5ccccc5)nc(-c5ccccc5)n4)cc3)cc2)cc1)c1cccc(-c2cccc(-c3nc(-c4ccccc4)nc(-c4ccc(Oc5ccc(-c6ccc(-c7ccccn7)cc6)cc5)cc4)n3)c2)c1. The molecule has 0 aliphatic carbocycles. The van der Waals surface area contributed by atoms with E-state index < -0.39 is 7.49 Å². The Morgan fingerprint density at radius 3 is 0.915 bits per heavy atom. The van der Waals surface area contributed by atoms with E-state index in [1.54, 1.807) is 0 Å². The van der Waals surface area contributed by atoms with Gasteiger partial charge in [-0.3, -0.25) is 4.98 Å². The summed E-state index contributed by atoms with van der Waals surface area (Å²) in [5.41, 5.74) is 13.3. The number of aromatic nitrogens is 7. The van der Waals surface area contributed by atoms with E-state index in [9.17, 15) is 4.89 Å². The van der Waals surface area contributed by atoms with Crippen molar-refractivity contribution >= 4 is 23.4 Å². The van der Waals surface area contributed by atoms with Crippen molar-refractivity contribution in [1.29, 1.82) is 0 Å². The second-order valence-electron chi connectivity index (χ2n) is 22.6. The maximum atomic E-state index is 13.4. The van der Waals surface area contributed by atoms with Gasteiger partial charge >= 0.3 is 316 Å². The molecule has 3 aromatic heterocycles. The Morgan fingerprint density at radius 1 is 0.213 bits per heavy atom.